The summed E-state index contributed by atoms with van der Waals surface area (Å²) in [6.45, 7) is -0.511. The molecular weight excluding hydrogens is 316 g/mol. The van der Waals surface area contributed by atoms with Crippen LogP contribution in [-0.2, 0) is 4.79 Å². The van der Waals surface area contributed by atoms with Crippen molar-refractivity contribution in [3.8, 4) is 0 Å². The number of hydrogen-bond acceptors (Lipinski definition) is 5. The maximum Gasteiger partial charge on any atom is 0.268 e. The quantitative estimate of drug-likeness (QED) is 0.566. The molecule has 8 heteroatoms. The van der Waals surface area contributed by atoms with Gasteiger partial charge in [0.1, 0.15) is 11.7 Å². The van der Waals surface area contributed by atoms with Gasteiger partial charge in [-0.3, -0.25) is 9.59 Å². The molecule has 7 nitrogen and oxygen atoms in total. The summed E-state index contributed by atoms with van der Waals surface area (Å²) < 4.78 is 0. The molecule has 0 saturated heterocycles. The van der Waals surface area contributed by atoms with Gasteiger partial charge in [-0.15, -0.1) is 11.3 Å². The minimum Gasteiger partial charge on any atom is -0.394 e. The van der Waals surface area contributed by atoms with Crippen LogP contribution in [0.15, 0.2) is 41.9 Å². The van der Waals surface area contributed by atoms with E-state index in [2.05, 4.69) is 20.6 Å². The largest absolute Gasteiger partial charge is 0.394 e. The lowest BCUT2D eigenvalue weighted by Crippen LogP contribution is -2.46. The Morgan fingerprint density at radius 1 is 1.35 bits per heavy atom. The fourth-order valence-electron chi connectivity index (χ4n) is 2.10. The summed E-state index contributed by atoms with van der Waals surface area (Å²) in [4.78, 5) is 31.2. The molecule has 2 aromatic heterocycles. The van der Waals surface area contributed by atoms with Crippen molar-refractivity contribution >= 4 is 39.2 Å². The normalized spacial score (nSPS) is 12.0. The van der Waals surface area contributed by atoms with E-state index < -0.39 is 24.5 Å². The minimum atomic E-state index is -1.06. The lowest BCUT2D eigenvalue weighted by molar-refractivity contribution is -0.118. The van der Waals surface area contributed by atoms with Gasteiger partial charge < -0.3 is 20.7 Å². The number of nitrogens with one attached hydrogen (secondary N) is 3. The van der Waals surface area contributed by atoms with Crippen molar-refractivity contribution in [2.75, 3.05) is 11.9 Å². The second-order valence-corrected chi connectivity index (χ2v) is 5.70. The smallest absolute Gasteiger partial charge is 0.268 e. The van der Waals surface area contributed by atoms with E-state index in [1.165, 1.54) is 11.3 Å². The summed E-state index contributed by atoms with van der Waals surface area (Å²) in [6, 6.07) is 8.09. The molecular formula is C15H14N4O3S. The van der Waals surface area contributed by atoms with Crippen LogP contribution >= 0.6 is 11.3 Å². The van der Waals surface area contributed by atoms with Crippen LogP contribution in [0.1, 0.15) is 10.5 Å². The highest BCUT2D eigenvalue weighted by molar-refractivity contribution is 7.13. The molecule has 118 valence electrons. The summed E-state index contributed by atoms with van der Waals surface area (Å²) in [6.07, 6.45) is 1.55. The van der Waals surface area contributed by atoms with E-state index in [-0.39, 0.29) is 0 Å². The van der Waals surface area contributed by atoms with Crippen molar-refractivity contribution in [2.24, 2.45) is 0 Å². The average Bonchev–Trinajstić information content (AvgIpc) is 3.20. The van der Waals surface area contributed by atoms with Gasteiger partial charge in [0.05, 0.1) is 6.61 Å². The molecule has 0 bridgehead atoms. The molecule has 0 fully saturated rings. The number of carbonyl (C=O) groups excluding carboxylic acids is 2. The second kappa shape index (κ2) is 6.59. The molecule has 1 atom stereocenters. The SMILES string of the molecule is O=C(N[C@@H](CO)C(=O)Nc1nccs1)c1cc2ccccc2[nH]1. The van der Waals surface area contributed by atoms with E-state index in [1.807, 2.05) is 24.3 Å². The van der Waals surface area contributed by atoms with Gasteiger partial charge in [-0.05, 0) is 12.1 Å². The maximum absolute atomic E-state index is 12.2. The molecule has 0 radical (unpaired) electrons. The lowest BCUT2D eigenvalue weighted by atomic mass is 10.2. The Morgan fingerprint density at radius 2 is 2.17 bits per heavy atom. The Balaban J connectivity index is 1.70. The van der Waals surface area contributed by atoms with Crippen LogP contribution in [0.5, 0.6) is 0 Å². The Morgan fingerprint density at radius 3 is 2.87 bits per heavy atom. The van der Waals surface area contributed by atoms with E-state index >= 15 is 0 Å². The van der Waals surface area contributed by atoms with Gasteiger partial charge in [0.25, 0.3) is 11.8 Å². The summed E-state index contributed by atoms with van der Waals surface area (Å²) >= 11 is 1.25. The number of rotatable bonds is 5. The van der Waals surface area contributed by atoms with Crippen molar-refractivity contribution in [2.45, 2.75) is 6.04 Å². The molecule has 4 N–H and O–H groups in total. The number of fused-ring (bicyclic) bond motifs is 1. The van der Waals surface area contributed by atoms with Crippen molar-refractivity contribution in [1.29, 1.82) is 0 Å². The summed E-state index contributed by atoms with van der Waals surface area (Å²) in [5.41, 5.74) is 1.15. The molecule has 0 saturated carbocycles. The third-order valence-corrected chi connectivity index (χ3v) is 3.93. The number of aliphatic hydroxyl groups is 1. The molecule has 0 spiro atoms. The first-order valence-corrected chi connectivity index (χ1v) is 7.75. The first kappa shape index (κ1) is 15.2. The highest BCUT2D eigenvalue weighted by Gasteiger charge is 2.22. The number of hydrogen-bond donors (Lipinski definition) is 4. The number of aromatic amines is 1. The first-order chi connectivity index (χ1) is 11.2. The van der Waals surface area contributed by atoms with E-state index in [1.54, 1.807) is 17.6 Å². The van der Waals surface area contributed by atoms with Gasteiger partial charge in [0.2, 0.25) is 0 Å². The molecule has 0 unspecified atom stereocenters. The summed E-state index contributed by atoms with van der Waals surface area (Å²) in [7, 11) is 0. The molecule has 3 rings (SSSR count). The number of aromatic nitrogens is 2. The van der Waals surface area contributed by atoms with Crippen LogP contribution in [-0.4, -0.2) is 39.5 Å². The number of carbonyl (C=O) groups is 2. The number of benzene rings is 1. The number of para-hydroxylation sites is 1. The van der Waals surface area contributed by atoms with Crippen molar-refractivity contribution < 1.29 is 14.7 Å². The molecule has 3 aromatic rings. The van der Waals surface area contributed by atoms with E-state index in [0.29, 0.717) is 10.8 Å². The predicted molar refractivity (Wildman–Crippen MR) is 87.4 cm³/mol. The number of nitrogens with zero attached hydrogens (tertiary/aromatic N) is 1. The predicted octanol–water partition coefficient (Wildman–Crippen LogP) is 1.35. The lowest BCUT2D eigenvalue weighted by Gasteiger charge is -2.14. The highest BCUT2D eigenvalue weighted by Crippen LogP contribution is 2.15. The molecule has 23 heavy (non-hydrogen) atoms. The molecule has 0 aliphatic rings. The average molecular weight is 330 g/mol. The van der Waals surface area contributed by atoms with Crippen molar-refractivity contribution in [1.82, 2.24) is 15.3 Å². The van der Waals surface area contributed by atoms with E-state index in [9.17, 15) is 14.7 Å². The number of thiazole rings is 1. The number of amides is 2. The topological polar surface area (TPSA) is 107 Å². The van der Waals surface area contributed by atoms with Gasteiger partial charge in [0.15, 0.2) is 5.13 Å². The zero-order valence-electron chi connectivity index (χ0n) is 11.9. The third-order valence-electron chi connectivity index (χ3n) is 3.24. The van der Waals surface area contributed by atoms with E-state index in [4.69, 9.17) is 0 Å². The molecule has 0 aliphatic heterocycles. The molecule has 2 heterocycles. The standard InChI is InChI=1S/C15H14N4O3S/c20-8-12(14(22)19-15-16-5-6-23-15)18-13(21)11-7-9-3-1-2-4-10(9)17-11/h1-7,12,17,20H,8H2,(H,18,21)(H,16,19,22)/t12-/m0/s1. The summed E-state index contributed by atoms with van der Waals surface area (Å²) in [5, 5.41) is 17.4. The van der Waals surface area contributed by atoms with Crippen LogP contribution in [0.3, 0.4) is 0 Å². The fourth-order valence-corrected chi connectivity index (χ4v) is 2.64. The number of anilines is 1. The molecule has 0 aliphatic carbocycles. The van der Waals surface area contributed by atoms with E-state index in [0.717, 1.165) is 10.9 Å². The monoisotopic (exact) mass is 330 g/mol. The Kier molecular flexibility index (Phi) is 4.35. The zero-order valence-corrected chi connectivity index (χ0v) is 12.8. The van der Waals surface area contributed by atoms with Gasteiger partial charge in [0, 0.05) is 22.5 Å². The molecule has 1 aromatic carbocycles. The zero-order chi connectivity index (χ0) is 16.2. The van der Waals surface area contributed by atoms with Crippen LogP contribution < -0.4 is 10.6 Å². The van der Waals surface area contributed by atoms with Gasteiger partial charge >= 0.3 is 0 Å². The fraction of sp³-hybridized carbons (Fsp3) is 0.133. The molecule has 2 amide bonds. The van der Waals surface area contributed by atoms with Gasteiger partial charge in [-0.25, -0.2) is 4.98 Å². The maximum atomic E-state index is 12.2. The van der Waals surface area contributed by atoms with Crippen LogP contribution in [0.25, 0.3) is 10.9 Å². The van der Waals surface area contributed by atoms with Crippen LogP contribution in [0.2, 0.25) is 0 Å². The first-order valence-electron chi connectivity index (χ1n) is 6.87. The van der Waals surface area contributed by atoms with Gasteiger partial charge in [-0.1, -0.05) is 18.2 Å². The van der Waals surface area contributed by atoms with Gasteiger partial charge in [-0.2, -0.15) is 0 Å². The Bertz CT molecular complexity index is 795. The second-order valence-electron chi connectivity index (χ2n) is 4.81. The number of aliphatic hydroxyl groups excluding tert-OH is 1. The van der Waals surface area contributed by atoms with Crippen molar-refractivity contribution in [3.05, 3.63) is 47.6 Å². The number of H-pyrrole nitrogens is 1. The minimum absolute atomic E-state index is 0.326. The Hall–Kier alpha value is -2.71. The third kappa shape index (κ3) is 3.38. The van der Waals surface area contributed by atoms with Crippen LogP contribution in [0.4, 0.5) is 5.13 Å². The summed E-state index contributed by atoms with van der Waals surface area (Å²) in [5.74, 6) is -0.985. The Labute approximate surface area is 135 Å². The van der Waals surface area contributed by atoms with Crippen molar-refractivity contribution in [3.63, 3.8) is 0 Å². The van der Waals surface area contributed by atoms with Crippen LogP contribution in [0, 0.1) is 0 Å². The highest BCUT2D eigenvalue weighted by atomic mass is 32.1.